The molecule has 1 fully saturated rings. The number of carbonyl (C=O) groups excluding carboxylic acids is 2. The molecule has 26 heavy (non-hydrogen) atoms. The summed E-state index contributed by atoms with van der Waals surface area (Å²) in [5, 5.41) is 2.82. The van der Waals surface area contributed by atoms with E-state index in [2.05, 4.69) is 5.32 Å². The summed E-state index contributed by atoms with van der Waals surface area (Å²) in [6, 6.07) is 9.84. The third kappa shape index (κ3) is 6.65. The Balaban J connectivity index is 1.71. The van der Waals surface area contributed by atoms with Gasteiger partial charge in [-0.25, -0.2) is 4.79 Å². The predicted octanol–water partition coefficient (Wildman–Crippen LogP) is 1.48. The minimum Gasteiger partial charge on any atom is -0.381 e. The molecule has 0 bridgehead atoms. The Hall–Kier alpha value is -2.12. The number of nitrogens with one attached hydrogen (secondary N) is 1. The van der Waals surface area contributed by atoms with Gasteiger partial charge in [-0.1, -0.05) is 30.3 Å². The lowest BCUT2D eigenvalue weighted by Gasteiger charge is -2.36. The van der Waals surface area contributed by atoms with Gasteiger partial charge in [0.05, 0.1) is 6.61 Å². The van der Waals surface area contributed by atoms with Crippen LogP contribution < -0.4 is 5.32 Å². The van der Waals surface area contributed by atoms with Crippen molar-refractivity contribution < 1.29 is 19.1 Å². The van der Waals surface area contributed by atoms with E-state index in [9.17, 15) is 9.59 Å². The van der Waals surface area contributed by atoms with Gasteiger partial charge in [-0.2, -0.15) is 0 Å². The summed E-state index contributed by atoms with van der Waals surface area (Å²) in [6.07, 6.45) is 1.65. The highest BCUT2D eigenvalue weighted by Crippen LogP contribution is 2.15. The van der Waals surface area contributed by atoms with Gasteiger partial charge in [-0.15, -0.1) is 0 Å². The number of hydrogen-bond donors (Lipinski definition) is 1. The molecule has 0 radical (unpaired) electrons. The van der Waals surface area contributed by atoms with E-state index in [1.165, 1.54) is 0 Å². The number of urea groups is 1. The highest BCUT2D eigenvalue weighted by atomic mass is 16.5. The molecule has 1 aromatic carbocycles. The van der Waals surface area contributed by atoms with Gasteiger partial charge < -0.3 is 24.6 Å². The fourth-order valence-corrected chi connectivity index (χ4v) is 2.89. The van der Waals surface area contributed by atoms with Crippen LogP contribution in [0.1, 0.15) is 18.4 Å². The van der Waals surface area contributed by atoms with E-state index in [-0.39, 0.29) is 24.6 Å². The molecule has 1 heterocycles. The second-order valence-corrected chi connectivity index (χ2v) is 6.54. The lowest BCUT2D eigenvalue weighted by Crippen LogP contribution is -2.50. The molecule has 0 saturated carbocycles. The van der Waals surface area contributed by atoms with Gasteiger partial charge in [0.1, 0.15) is 6.61 Å². The zero-order valence-corrected chi connectivity index (χ0v) is 15.6. The van der Waals surface area contributed by atoms with E-state index in [0.717, 1.165) is 18.4 Å². The molecule has 3 amide bonds. The van der Waals surface area contributed by atoms with Gasteiger partial charge in [0, 0.05) is 46.4 Å². The summed E-state index contributed by atoms with van der Waals surface area (Å²) in [7, 11) is 3.48. The Morgan fingerprint density at radius 3 is 2.54 bits per heavy atom. The number of amides is 3. The van der Waals surface area contributed by atoms with Gasteiger partial charge >= 0.3 is 6.03 Å². The van der Waals surface area contributed by atoms with Crippen LogP contribution in [0.25, 0.3) is 0 Å². The van der Waals surface area contributed by atoms with Crippen LogP contribution in [0.15, 0.2) is 30.3 Å². The molecular weight excluding hydrogens is 334 g/mol. The van der Waals surface area contributed by atoms with Crippen LogP contribution in [0.5, 0.6) is 0 Å². The average molecular weight is 363 g/mol. The fourth-order valence-electron chi connectivity index (χ4n) is 2.89. The largest absolute Gasteiger partial charge is 0.381 e. The Bertz CT molecular complexity index is 559. The minimum absolute atomic E-state index is 0.00773. The standard InChI is InChI=1S/C19H29N3O4/c1-21(2)19(24)22(17-8-12-25-13-9-17)11-10-20-18(23)15-26-14-16-6-4-3-5-7-16/h3-7,17H,8-15H2,1-2H3,(H,20,23). The molecule has 1 N–H and O–H groups in total. The van der Waals surface area contributed by atoms with Gasteiger partial charge in [0.25, 0.3) is 0 Å². The first-order chi connectivity index (χ1) is 12.6. The fraction of sp³-hybridized carbons (Fsp3) is 0.579. The Kier molecular flexibility index (Phi) is 8.37. The summed E-state index contributed by atoms with van der Waals surface area (Å²) in [4.78, 5) is 27.7. The lowest BCUT2D eigenvalue weighted by molar-refractivity contribution is -0.126. The summed E-state index contributed by atoms with van der Waals surface area (Å²) < 4.78 is 10.8. The number of rotatable bonds is 8. The average Bonchev–Trinajstić information content (AvgIpc) is 2.66. The molecule has 0 unspecified atom stereocenters. The molecule has 7 heteroatoms. The minimum atomic E-state index is -0.176. The second kappa shape index (κ2) is 10.8. The van der Waals surface area contributed by atoms with Crippen molar-refractivity contribution in [3.05, 3.63) is 35.9 Å². The summed E-state index contributed by atoms with van der Waals surface area (Å²) in [5.74, 6) is -0.176. The van der Waals surface area contributed by atoms with Crippen molar-refractivity contribution in [2.45, 2.75) is 25.5 Å². The summed E-state index contributed by atoms with van der Waals surface area (Å²) >= 11 is 0. The number of hydrogen-bond acceptors (Lipinski definition) is 4. The number of benzene rings is 1. The lowest BCUT2D eigenvalue weighted by atomic mass is 10.1. The second-order valence-electron chi connectivity index (χ2n) is 6.54. The monoisotopic (exact) mass is 363 g/mol. The molecule has 0 aromatic heterocycles. The highest BCUT2D eigenvalue weighted by molar-refractivity contribution is 5.77. The van der Waals surface area contributed by atoms with Crippen molar-refractivity contribution in [2.75, 3.05) is 47.0 Å². The van der Waals surface area contributed by atoms with Crippen molar-refractivity contribution in [3.8, 4) is 0 Å². The zero-order chi connectivity index (χ0) is 18.8. The maximum atomic E-state index is 12.4. The molecular formula is C19H29N3O4. The molecule has 0 aliphatic carbocycles. The Morgan fingerprint density at radius 2 is 1.88 bits per heavy atom. The summed E-state index contributed by atoms with van der Waals surface area (Å²) in [5.41, 5.74) is 1.03. The van der Waals surface area contributed by atoms with Crippen molar-refractivity contribution in [2.24, 2.45) is 0 Å². The number of ether oxygens (including phenoxy) is 2. The SMILES string of the molecule is CN(C)C(=O)N(CCNC(=O)COCc1ccccc1)C1CCOCC1. The first-order valence-electron chi connectivity index (χ1n) is 9.02. The van der Waals surface area contributed by atoms with Crippen LogP contribution in [0.2, 0.25) is 0 Å². The van der Waals surface area contributed by atoms with Gasteiger partial charge in [0.2, 0.25) is 5.91 Å². The van der Waals surface area contributed by atoms with Crippen LogP contribution in [-0.2, 0) is 20.9 Å². The van der Waals surface area contributed by atoms with E-state index >= 15 is 0 Å². The quantitative estimate of drug-likeness (QED) is 0.759. The molecule has 1 aliphatic heterocycles. The Labute approximate surface area is 155 Å². The molecule has 7 nitrogen and oxygen atoms in total. The first-order valence-corrected chi connectivity index (χ1v) is 9.02. The van der Waals surface area contributed by atoms with Crippen molar-refractivity contribution >= 4 is 11.9 Å². The predicted molar refractivity (Wildman–Crippen MR) is 98.7 cm³/mol. The van der Waals surface area contributed by atoms with Gasteiger partial charge in [0.15, 0.2) is 0 Å². The maximum Gasteiger partial charge on any atom is 0.319 e. The maximum absolute atomic E-state index is 12.4. The normalized spacial score (nSPS) is 14.7. The molecule has 0 atom stereocenters. The Morgan fingerprint density at radius 1 is 1.19 bits per heavy atom. The van der Waals surface area contributed by atoms with E-state index in [0.29, 0.717) is 32.9 Å². The van der Waals surface area contributed by atoms with Crippen LogP contribution in [0, 0.1) is 0 Å². The van der Waals surface area contributed by atoms with Gasteiger partial charge in [-0.05, 0) is 18.4 Å². The highest BCUT2D eigenvalue weighted by Gasteiger charge is 2.26. The van der Waals surface area contributed by atoms with E-state index in [4.69, 9.17) is 9.47 Å². The molecule has 1 saturated heterocycles. The number of carbonyl (C=O) groups is 2. The first kappa shape index (κ1) is 20.2. The molecule has 2 rings (SSSR count). The van der Waals surface area contributed by atoms with Crippen LogP contribution in [0.3, 0.4) is 0 Å². The van der Waals surface area contributed by atoms with Crippen LogP contribution in [0.4, 0.5) is 4.79 Å². The van der Waals surface area contributed by atoms with E-state index in [1.807, 2.05) is 35.2 Å². The topological polar surface area (TPSA) is 71.1 Å². The van der Waals surface area contributed by atoms with Crippen molar-refractivity contribution in [1.29, 1.82) is 0 Å². The van der Waals surface area contributed by atoms with Crippen LogP contribution >= 0.6 is 0 Å². The van der Waals surface area contributed by atoms with Crippen molar-refractivity contribution in [3.63, 3.8) is 0 Å². The van der Waals surface area contributed by atoms with Gasteiger partial charge in [-0.3, -0.25) is 4.79 Å². The molecule has 1 aliphatic rings. The smallest absolute Gasteiger partial charge is 0.319 e. The van der Waals surface area contributed by atoms with Crippen LogP contribution in [-0.4, -0.2) is 74.8 Å². The summed E-state index contributed by atoms with van der Waals surface area (Å²) in [6.45, 7) is 2.63. The van der Waals surface area contributed by atoms with E-state index in [1.54, 1.807) is 19.0 Å². The number of nitrogens with zero attached hydrogens (tertiary/aromatic N) is 2. The zero-order valence-electron chi connectivity index (χ0n) is 15.6. The molecule has 1 aromatic rings. The molecule has 0 spiro atoms. The van der Waals surface area contributed by atoms with Crippen molar-refractivity contribution in [1.82, 2.24) is 15.1 Å². The third-order valence-electron chi connectivity index (χ3n) is 4.28. The molecule has 144 valence electrons. The third-order valence-corrected chi connectivity index (χ3v) is 4.28. The van der Waals surface area contributed by atoms with E-state index < -0.39 is 0 Å².